The van der Waals surface area contributed by atoms with E-state index >= 15 is 0 Å². The second-order valence-electron chi connectivity index (χ2n) is 5.41. The molecule has 0 saturated carbocycles. The van der Waals surface area contributed by atoms with Crippen LogP contribution in [0, 0.1) is 0 Å². The van der Waals surface area contributed by atoms with Gasteiger partial charge in [-0.25, -0.2) is 14.8 Å². The summed E-state index contributed by atoms with van der Waals surface area (Å²) < 4.78 is 1.76. The lowest BCUT2D eigenvalue weighted by molar-refractivity contribution is 0.262. The van der Waals surface area contributed by atoms with Crippen molar-refractivity contribution in [1.82, 2.24) is 14.4 Å². The lowest BCUT2D eigenvalue weighted by Crippen LogP contribution is -2.20. The molecular weight excluding hydrogens is 314 g/mol. The molecular formula is C19H15N5O. The summed E-state index contributed by atoms with van der Waals surface area (Å²) in [7, 11) is 0. The van der Waals surface area contributed by atoms with Gasteiger partial charge in [-0.15, -0.1) is 0 Å². The molecule has 0 aliphatic rings. The maximum atomic E-state index is 12.4. The van der Waals surface area contributed by atoms with E-state index < -0.39 is 0 Å². The molecule has 0 bridgehead atoms. The van der Waals surface area contributed by atoms with Gasteiger partial charge in [-0.3, -0.25) is 9.72 Å². The first-order chi connectivity index (χ1) is 12.3. The highest BCUT2D eigenvalue weighted by Gasteiger charge is 2.16. The second kappa shape index (κ2) is 6.45. The van der Waals surface area contributed by atoms with E-state index in [4.69, 9.17) is 0 Å². The maximum absolute atomic E-state index is 12.4. The fourth-order valence-corrected chi connectivity index (χ4v) is 2.60. The van der Waals surface area contributed by atoms with Crippen molar-refractivity contribution < 1.29 is 4.79 Å². The number of hydrogen-bond donors (Lipinski definition) is 2. The Hall–Kier alpha value is -3.67. The third-order valence-electron chi connectivity index (χ3n) is 3.71. The molecule has 2 aromatic carbocycles. The average molecular weight is 329 g/mol. The van der Waals surface area contributed by atoms with Crippen LogP contribution in [0.3, 0.4) is 0 Å². The van der Waals surface area contributed by atoms with Crippen LogP contribution in [0.5, 0.6) is 0 Å². The summed E-state index contributed by atoms with van der Waals surface area (Å²) in [6.45, 7) is 0. The summed E-state index contributed by atoms with van der Waals surface area (Å²) in [4.78, 5) is 21.2. The van der Waals surface area contributed by atoms with Gasteiger partial charge in [0.25, 0.3) is 0 Å². The molecule has 2 aromatic heterocycles. The SMILES string of the molecule is O=C(Nc1ccccc1)Nc1c(-c2ccccc2)nc2ncccn12. The summed E-state index contributed by atoms with van der Waals surface area (Å²) in [6, 6.07) is 20.4. The van der Waals surface area contributed by atoms with E-state index in [1.165, 1.54) is 0 Å². The Labute approximate surface area is 144 Å². The smallest absolute Gasteiger partial charge is 0.308 e. The van der Waals surface area contributed by atoms with Crippen molar-refractivity contribution in [1.29, 1.82) is 0 Å². The highest BCUT2D eigenvalue weighted by Crippen LogP contribution is 2.28. The highest BCUT2D eigenvalue weighted by atomic mass is 16.2. The number of rotatable bonds is 3. The number of carbonyl (C=O) groups excluding carboxylic acids is 1. The molecule has 0 unspecified atom stereocenters. The van der Waals surface area contributed by atoms with Crippen LogP contribution in [0.25, 0.3) is 17.0 Å². The molecule has 0 aliphatic carbocycles. The van der Waals surface area contributed by atoms with Crippen molar-refractivity contribution >= 4 is 23.3 Å². The molecule has 0 spiro atoms. The number of carbonyl (C=O) groups is 1. The summed E-state index contributed by atoms with van der Waals surface area (Å²) in [5.74, 6) is 1.10. The third-order valence-corrected chi connectivity index (χ3v) is 3.71. The van der Waals surface area contributed by atoms with E-state index in [1.807, 2.05) is 66.9 Å². The first kappa shape index (κ1) is 14.9. The predicted molar refractivity (Wildman–Crippen MR) is 97.5 cm³/mol. The number of fused-ring (bicyclic) bond motifs is 1. The van der Waals surface area contributed by atoms with Crippen LogP contribution in [0.1, 0.15) is 0 Å². The molecule has 0 aliphatic heterocycles. The Balaban J connectivity index is 1.71. The summed E-state index contributed by atoms with van der Waals surface area (Å²) in [6.07, 6.45) is 3.49. The Bertz CT molecular complexity index is 1010. The first-order valence-corrected chi connectivity index (χ1v) is 7.83. The summed E-state index contributed by atoms with van der Waals surface area (Å²) in [5, 5.41) is 5.70. The van der Waals surface area contributed by atoms with Crippen LogP contribution in [0.15, 0.2) is 79.1 Å². The Kier molecular flexibility index (Phi) is 3.84. The number of anilines is 2. The van der Waals surface area contributed by atoms with E-state index in [-0.39, 0.29) is 6.03 Å². The Morgan fingerprint density at radius 3 is 2.36 bits per heavy atom. The van der Waals surface area contributed by atoms with Crippen LogP contribution in [-0.4, -0.2) is 20.4 Å². The number of urea groups is 1. The van der Waals surface area contributed by atoms with Crippen LogP contribution >= 0.6 is 0 Å². The largest absolute Gasteiger partial charge is 0.324 e. The van der Waals surface area contributed by atoms with Gasteiger partial charge in [-0.05, 0) is 18.2 Å². The quantitative estimate of drug-likeness (QED) is 0.596. The molecule has 0 atom stereocenters. The average Bonchev–Trinajstić information content (AvgIpc) is 3.02. The van der Waals surface area contributed by atoms with Gasteiger partial charge in [0, 0.05) is 23.6 Å². The van der Waals surface area contributed by atoms with Crippen molar-refractivity contribution in [2.45, 2.75) is 0 Å². The monoisotopic (exact) mass is 329 g/mol. The number of imidazole rings is 1. The molecule has 4 aromatic rings. The highest BCUT2D eigenvalue weighted by molar-refractivity contribution is 6.01. The number of benzene rings is 2. The lowest BCUT2D eigenvalue weighted by atomic mass is 10.1. The van der Waals surface area contributed by atoms with E-state index in [0.29, 0.717) is 23.0 Å². The van der Waals surface area contributed by atoms with E-state index in [9.17, 15) is 4.79 Å². The minimum absolute atomic E-state index is 0.339. The lowest BCUT2D eigenvalue weighted by Gasteiger charge is -2.09. The molecule has 2 N–H and O–H groups in total. The second-order valence-corrected chi connectivity index (χ2v) is 5.41. The number of aromatic nitrogens is 3. The zero-order valence-corrected chi connectivity index (χ0v) is 13.3. The molecule has 25 heavy (non-hydrogen) atoms. The molecule has 6 nitrogen and oxygen atoms in total. The minimum atomic E-state index is -0.339. The standard InChI is InChI=1S/C19H15N5O/c25-19(21-15-10-5-2-6-11-15)23-17-16(14-8-3-1-4-9-14)22-18-20-12-7-13-24(17)18/h1-13H,(H2,21,23,25). The number of amides is 2. The van der Waals surface area contributed by atoms with Gasteiger partial charge >= 0.3 is 6.03 Å². The van der Waals surface area contributed by atoms with Crippen molar-refractivity contribution in [3.8, 4) is 11.3 Å². The van der Waals surface area contributed by atoms with Crippen LogP contribution in [0.4, 0.5) is 16.3 Å². The van der Waals surface area contributed by atoms with E-state index in [0.717, 1.165) is 5.56 Å². The van der Waals surface area contributed by atoms with Gasteiger partial charge in [0.15, 0.2) is 0 Å². The molecule has 2 heterocycles. The van der Waals surface area contributed by atoms with Gasteiger partial charge < -0.3 is 5.32 Å². The zero-order valence-electron chi connectivity index (χ0n) is 13.3. The van der Waals surface area contributed by atoms with Crippen LogP contribution < -0.4 is 10.6 Å². The molecule has 0 radical (unpaired) electrons. The molecule has 6 heteroatoms. The molecule has 2 amide bonds. The summed E-state index contributed by atoms with van der Waals surface area (Å²) >= 11 is 0. The third kappa shape index (κ3) is 3.05. The van der Waals surface area contributed by atoms with Crippen LogP contribution in [0.2, 0.25) is 0 Å². The van der Waals surface area contributed by atoms with Gasteiger partial charge in [0.05, 0.1) is 0 Å². The van der Waals surface area contributed by atoms with Gasteiger partial charge in [-0.1, -0.05) is 48.5 Å². The minimum Gasteiger partial charge on any atom is -0.308 e. The fourth-order valence-electron chi connectivity index (χ4n) is 2.60. The van der Waals surface area contributed by atoms with Crippen molar-refractivity contribution in [3.05, 3.63) is 79.1 Å². The van der Waals surface area contributed by atoms with Crippen molar-refractivity contribution in [2.75, 3.05) is 10.6 Å². The predicted octanol–water partition coefficient (Wildman–Crippen LogP) is 4.04. The molecule has 122 valence electrons. The van der Waals surface area contributed by atoms with Crippen LogP contribution in [-0.2, 0) is 0 Å². The Morgan fingerprint density at radius 2 is 1.60 bits per heavy atom. The number of nitrogens with zero attached hydrogens (tertiary/aromatic N) is 3. The normalized spacial score (nSPS) is 10.6. The molecule has 0 fully saturated rings. The van der Waals surface area contributed by atoms with Gasteiger partial charge in [0.2, 0.25) is 5.78 Å². The molecule has 0 saturated heterocycles. The maximum Gasteiger partial charge on any atom is 0.324 e. The molecule has 4 rings (SSSR count). The fraction of sp³-hybridized carbons (Fsp3) is 0. The summed E-state index contributed by atoms with van der Waals surface area (Å²) in [5.41, 5.74) is 2.29. The van der Waals surface area contributed by atoms with Crippen molar-refractivity contribution in [2.24, 2.45) is 0 Å². The topological polar surface area (TPSA) is 71.3 Å². The van der Waals surface area contributed by atoms with Gasteiger partial charge in [0.1, 0.15) is 11.5 Å². The zero-order chi connectivity index (χ0) is 17.1. The van der Waals surface area contributed by atoms with E-state index in [2.05, 4.69) is 20.6 Å². The number of para-hydroxylation sites is 1. The number of nitrogens with one attached hydrogen (secondary N) is 2. The van der Waals surface area contributed by atoms with Crippen molar-refractivity contribution in [3.63, 3.8) is 0 Å². The van der Waals surface area contributed by atoms with E-state index in [1.54, 1.807) is 16.7 Å². The Morgan fingerprint density at radius 1 is 0.880 bits per heavy atom. The number of hydrogen-bond acceptors (Lipinski definition) is 3. The van der Waals surface area contributed by atoms with Gasteiger partial charge in [-0.2, -0.15) is 0 Å². The first-order valence-electron chi connectivity index (χ1n) is 7.83.